The van der Waals surface area contributed by atoms with Crippen LogP contribution in [0.3, 0.4) is 0 Å². The molecule has 41 heavy (non-hydrogen) atoms. The predicted octanol–water partition coefficient (Wildman–Crippen LogP) is 4.30. The maximum absolute atomic E-state index is 12.7. The number of anilines is 2. The molecule has 0 radical (unpaired) electrons. The molecule has 2 amide bonds. The SMILES string of the molecule is CCOc1ccc(NC(=O)CN(C)CC(=O)Nc2ccccc2Sc2ccccc2)cc1OCC.O=C(O)C(=O)O. The standard InChI is InChI=1S/C27H31N3O4S.C2H2O4/c1-4-33-23-16-15-20(17-24(23)34-5-2)28-26(31)18-30(3)19-27(32)29-22-13-9-10-14-25(22)35-21-11-7-6-8-12-21;3-1(4)2(5)6/h6-17H,4-5,18-19H2,1-3H3,(H,28,31)(H,29,32);(H,3,4)(H,5,6). The van der Waals surface area contributed by atoms with Crippen LogP contribution in [0.25, 0.3) is 0 Å². The number of ether oxygens (including phenoxy) is 2. The van der Waals surface area contributed by atoms with E-state index in [-0.39, 0.29) is 24.9 Å². The molecule has 0 heterocycles. The van der Waals surface area contributed by atoms with E-state index in [0.29, 0.717) is 30.4 Å². The second-order valence-electron chi connectivity index (χ2n) is 8.32. The quantitative estimate of drug-likeness (QED) is 0.227. The van der Waals surface area contributed by atoms with Crippen molar-refractivity contribution in [2.45, 2.75) is 23.6 Å². The number of likely N-dealkylation sites (N-methyl/N-ethyl adjacent to an activating group) is 1. The number of nitrogens with zero attached hydrogens (tertiary/aromatic N) is 1. The minimum atomic E-state index is -1.82. The van der Waals surface area contributed by atoms with Gasteiger partial charge in [0.25, 0.3) is 0 Å². The highest BCUT2D eigenvalue weighted by Crippen LogP contribution is 2.33. The van der Waals surface area contributed by atoms with Crippen molar-refractivity contribution in [1.29, 1.82) is 0 Å². The molecule has 0 saturated carbocycles. The number of benzene rings is 3. The van der Waals surface area contributed by atoms with Gasteiger partial charge in [0.15, 0.2) is 11.5 Å². The molecule has 12 heteroatoms. The Morgan fingerprint density at radius 2 is 1.32 bits per heavy atom. The van der Waals surface area contributed by atoms with Crippen LogP contribution in [0.2, 0.25) is 0 Å². The summed E-state index contributed by atoms with van der Waals surface area (Å²) >= 11 is 1.58. The smallest absolute Gasteiger partial charge is 0.414 e. The number of carbonyl (C=O) groups excluding carboxylic acids is 2. The Bertz CT molecular complexity index is 1310. The van der Waals surface area contributed by atoms with E-state index >= 15 is 0 Å². The summed E-state index contributed by atoms with van der Waals surface area (Å²) in [6.07, 6.45) is 0. The van der Waals surface area contributed by atoms with Gasteiger partial charge in [0, 0.05) is 21.5 Å². The van der Waals surface area contributed by atoms with Gasteiger partial charge in [-0.25, -0.2) is 9.59 Å². The number of hydrogen-bond donors (Lipinski definition) is 4. The fourth-order valence-electron chi connectivity index (χ4n) is 3.34. The predicted molar refractivity (Wildman–Crippen MR) is 156 cm³/mol. The van der Waals surface area contributed by atoms with E-state index in [1.165, 1.54) is 0 Å². The molecule has 0 aromatic heterocycles. The van der Waals surface area contributed by atoms with E-state index in [0.717, 1.165) is 15.5 Å². The van der Waals surface area contributed by atoms with Gasteiger partial charge in [-0.2, -0.15) is 0 Å². The topological polar surface area (TPSA) is 154 Å². The van der Waals surface area contributed by atoms with Crippen LogP contribution in [0, 0.1) is 0 Å². The second-order valence-corrected chi connectivity index (χ2v) is 9.43. The number of aliphatic carboxylic acids is 2. The molecule has 0 spiro atoms. The molecule has 0 aliphatic rings. The number of carboxylic acids is 2. The van der Waals surface area contributed by atoms with Crippen molar-refractivity contribution in [2.75, 3.05) is 44.0 Å². The van der Waals surface area contributed by atoms with Crippen LogP contribution in [-0.4, -0.2) is 72.2 Å². The number of rotatable bonds is 12. The van der Waals surface area contributed by atoms with Gasteiger partial charge in [-0.1, -0.05) is 42.1 Å². The van der Waals surface area contributed by atoms with E-state index in [1.807, 2.05) is 68.4 Å². The van der Waals surface area contributed by atoms with Gasteiger partial charge in [0.1, 0.15) is 0 Å². The zero-order valence-corrected chi connectivity index (χ0v) is 23.8. The Morgan fingerprint density at radius 1 is 0.756 bits per heavy atom. The normalized spacial score (nSPS) is 10.1. The summed E-state index contributed by atoms with van der Waals surface area (Å²) in [5, 5.41) is 20.6. The van der Waals surface area contributed by atoms with E-state index in [9.17, 15) is 9.59 Å². The molecule has 0 unspecified atom stereocenters. The van der Waals surface area contributed by atoms with Crippen LogP contribution < -0.4 is 20.1 Å². The molecule has 0 bridgehead atoms. The first-order chi connectivity index (χ1) is 19.6. The van der Waals surface area contributed by atoms with Crippen LogP contribution in [0.4, 0.5) is 11.4 Å². The van der Waals surface area contributed by atoms with Crippen molar-refractivity contribution >= 4 is 46.9 Å². The molecule has 3 aromatic rings. The fourth-order valence-corrected chi connectivity index (χ4v) is 4.26. The third-order valence-electron chi connectivity index (χ3n) is 4.97. The maximum atomic E-state index is 12.7. The van der Waals surface area contributed by atoms with Crippen molar-refractivity contribution < 1.29 is 38.9 Å². The summed E-state index contributed by atoms with van der Waals surface area (Å²) in [5.74, 6) is -2.86. The number of amides is 2. The van der Waals surface area contributed by atoms with Gasteiger partial charge in [-0.15, -0.1) is 0 Å². The lowest BCUT2D eigenvalue weighted by Gasteiger charge is -2.17. The van der Waals surface area contributed by atoms with E-state index in [2.05, 4.69) is 10.6 Å². The van der Waals surface area contributed by atoms with E-state index in [4.69, 9.17) is 29.3 Å². The van der Waals surface area contributed by atoms with Crippen molar-refractivity contribution in [3.05, 3.63) is 72.8 Å². The van der Waals surface area contributed by atoms with E-state index < -0.39 is 11.9 Å². The van der Waals surface area contributed by atoms with Crippen LogP contribution >= 0.6 is 11.8 Å². The minimum Gasteiger partial charge on any atom is -0.490 e. The number of carboxylic acid groups (broad SMARTS) is 2. The van der Waals surface area contributed by atoms with E-state index in [1.54, 1.807) is 41.9 Å². The highest BCUT2D eigenvalue weighted by molar-refractivity contribution is 7.99. The number of para-hydroxylation sites is 1. The first-order valence-electron chi connectivity index (χ1n) is 12.6. The number of nitrogens with one attached hydrogen (secondary N) is 2. The summed E-state index contributed by atoms with van der Waals surface area (Å²) in [6.45, 7) is 4.93. The zero-order valence-electron chi connectivity index (χ0n) is 23.0. The molecular weight excluding hydrogens is 550 g/mol. The molecule has 0 saturated heterocycles. The largest absolute Gasteiger partial charge is 0.490 e. The molecule has 0 aliphatic heterocycles. The van der Waals surface area contributed by atoms with Gasteiger partial charge < -0.3 is 30.3 Å². The van der Waals surface area contributed by atoms with Crippen LogP contribution in [-0.2, 0) is 19.2 Å². The van der Waals surface area contributed by atoms with Crippen molar-refractivity contribution in [3.8, 4) is 11.5 Å². The van der Waals surface area contributed by atoms with Crippen LogP contribution in [0.15, 0.2) is 82.6 Å². The molecule has 0 aliphatic carbocycles. The van der Waals surface area contributed by atoms with Crippen molar-refractivity contribution in [3.63, 3.8) is 0 Å². The highest BCUT2D eigenvalue weighted by Gasteiger charge is 2.14. The van der Waals surface area contributed by atoms with Gasteiger partial charge in [0.2, 0.25) is 11.8 Å². The average molecular weight is 584 g/mol. The third kappa shape index (κ3) is 12.0. The Labute approximate surface area is 242 Å². The number of carbonyl (C=O) groups is 4. The highest BCUT2D eigenvalue weighted by atomic mass is 32.2. The van der Waals surface area contributed by atoms with Crippen LogP contribution in [0.5, 0.6) is 11.5 Å². The van der Waals surface area contributed by atoms with Gasteiger partial charge in [0.05, 0.1) is 32.0 Å². The van der Waals surface area contributed by atoms with Gasteiger partial charge in [-0.05, 0) is 57.3 Å². The van der Waals surface area contributed by atoms with Crippen LogP contribution in [0.1, 0.15) is 13.8 Å². The maximum Gasteiger partial charge on any atom is 0.414 e. The zero-order chi connectivity index (χ0) is 30.2. The lowest BCUT2D eigenvalue weighted by atomic mass is 10.2. The summed E-state index contributed by atoms with van der Waals surface area (Å²) in [6, 6.07) is 22.9. The monoisotopic (exact) mass is 583 g/mol. The van der Waals surface area contributed by atoms with Gasteiger partial charge >= 0.3 is 11.9 Å². The Balaban J connectivity index is 0.000000883. The molecule has 218 valence electrons. The first-order valence-corrected chi connectivity index (χ1v) is 13.4. The first kappa shape index (κ1) is 32.7. The lowest BCUT2D eigenvalue weighted by molar-refractivity contribution is -0.159. The Morgan fingerprint density at radius 3 is 1.93 bits per heavy atom. The molecule has 0 atom stereocenters. The second kappa shape index (κ2) is 17.2. The lowest BCUT2D eigenvalue weighted by Crippen LogP contribution is -2.36. The van der Waals surface area contributed by atoms with Crippen molar-refractivity contribution in [2.24, 2.45) is 0 Å². The molecule has 11 nitrogen and oxygen atoms in total. The Kier molecular flexibility index (Phi) is 13.7. The fraction of sp³-hybridized carbons (Fsp3) is 0.241. The molecule has 0 fully saturated rings. The number of hydrogen-bond acceptors (Lipinski definition) is 8. The average Bonchev–Trinajstić information content (AvgIpc) is 2.92. The summed E-state index contributed by atoms with van der Waals surface area (Å²) in [4.78, 5) is 47.1. The van der Waals surface area contributed by atoms with Gasteiger partial charge in [-0.3, -0.25) is 14.5 Å². The summed E-state index contributed by atoms with van der Waals surface area (Å²) in [7, 11) is 1.73. The third-order valence-corrected chi connectivity index (χ3v) is 6.05. The molecule has 3 rings (SSSR count). The summed E-state index contributed by atoms with van der Waals surface area (Å²) in [5.41, 5.74) is 1.34. The molecule has 3 aromatic carbocycles. The molecule has 4 N–H and O–H groups in total. The minimum absolute atomic E-state index is 0.0605. The van der Waals surface area contributed by atoms with Crippen molar-refractivity contribution in [1.82, 2.24) is 4.90 Å². The summed E-state index contributed by atoms with van der Waals surface area (Å²) < 4.78 is 11.2. The molecular formula is C29H33N3O8S. The Hall–Kier alpha value is -4.55.